The van der Waals surface area contributed by atoms with Crippen molar-refractivity contribution in [2.24, 2.45) is 7.05 Å². The maximum absolute atomic E-state index is 12.9. The van der Waals surface area contributed by atoms with Gasteiger partial charge in [0.15, 0.2) is 5.82 Å². The Labute approximate surface area is 168 Å². The molecule has 10 heteroatoms. The van der Waals surface area contributed by atoms with Crippen LogP contribution >= 0.6 is 0 Å². The third kappa shape index (κ3) is 3.59. The van der Waals surface area contributed by atoms with Crippen molar-refractivity contribution in [3.05, 3.63) is 60.7 Å². The summed E-state index contributed by atoms with van der Waals surface area (Å²) in [4.78, 5) is 4.34. The summed E-state index contributed by atoms with van der Waals surface area (Å²) in [6, 6.07) is 9.27. The van der Waals surface area contributed by atoms with Crippen LogP contribution in [0.1, 0.15) is 18.5 Å². The van der Waals surface area contributed by atoms with Gasteiger partial charge in [0.05, 0.1) is 29.8 Å². The highest BCUT2D eigenvalue weighted by Gasteiger charge is 2.19. The van der Waals surface area contributed by atoms with E-state index in [-0.39, 0.29) is 10.9 Å². The van der Waals surface area contributed by atoms with Crippen molar-refractivity contribution in [3.8, 4) is 5.82 Å². The first-order valence-corrected chi connectivity index (χ1v) is 10.5. The van der Waals surface area contributed by atoms with Crippen molar-refractivity contribution in [1.82, 2.24) is 29.9 Å². The van der Waals surface area contributed by atoms with E-state index in [0.29, 0.717) is 17.0 Å². The number of anilines is 1. The predicted octanol–water partition coefficient (Wildman–Crippen LogP) is 2.24. The minimum absolute atomic E-state index is 0.0468. The van der Waals surface area contributed by atoms with E-state index < -0.39 is 10.0 Å². The molecule has 0 amide bonds. The average molecular weight is 411 g/mol. The summed E-state index contributed by atoms with van der Waals surface area (Å²) in [5.41, 5.74) is 2.19. The van der Waals surface area contributed by atoms with Gasteiger partial charge in [-0.3, -0.25) is 9.40 Å². The first-order valence-electron chi connectivity index (χ1n) is 9.01. The molecule has 0 aliphatic heterocycles. The van der Waals surface area contributed by atoms with Crippen molar-refractivity contribution >= 4 is 26.6 Å². The van der Waals surface area contributed by atoms with Gasteiger partial charge in [-0.05, 0) is 37.7 Å². The van der Waals surface area contributed by atoms with E-state index in [1.54, 1.807) is 36.3 Å². The lowest BCUT2D eigenvalue weighted by Crippen LogP contribution is -2.13. The zero-order valence-electron chi connectivity index (χ0n) is 16.2. The monoisotopic (exact) mass is 411 g/mol. The second kappa shape index (κ2) is 7.30. The Morgan fingerprint density at radius 1 is 1.14 bits per heavy atom. The lowest BCUT2D eigenvalue weighted by Gasteiger charge is -2.11. The number of hydrogen-bond donors (Lipinski definition) is 2. The van der Waals surface area contributed by atoms with E-state index in [1.807, 2.05) is 32.2 Å². The second-order valence-corrected chi connectivity index (χ2v) is 8.38. The van der Waals surface area contributed by atoms with Crippen LogP contribution in [0.4, 0.5) is 5.69 Å². The van der Waals surface area contributed by atoms with Gasteiger partial charge in [0.25, 0.3) is 10.0 Å². The first-order chi connectivity index (χ1) is 13.9. The highest BCUT2D eigenvalue weighted by atomic mass is 32.2. The summed E-state index contributed by atoms with van der Waals surface area (Å²) in [5, 5.41) is 12.4. The highest BCUT2D eigenvalue weighted by Crippen LogP contribution is 2.25. The summed E-state index contributed by atoms with van der Waals surface area (Å²) in [6.45, 7) is 2.03. The Bertz CT molecular complexity index is 1280. The van der Waals surface area contributed by atoms with Gasteiger partial charge in [-0.2, -0.15) is 10.2 Å². The van der Waals surface area contributed by atoms with Gasteiger partial charge in [-0.25, -0.2) is 18.1 Å². The maximum atomic E-state index is 12.9. The van der Waals surface area contributed by atoms with Crippen LogP contribution in [-0.2, 0) is 17.1 Å². The van der Waals surface area contributed by atoms with Crippen LogP contribution in [0, 0.1) is 0 Å². The number of sulfonamides is 1. The molecule has 0 fully saturated rings. The Balaban J connectivity index is 1.66. The Kier molecular flexibility index (Phi) is 4.81. The van der Waals surface area contributed by atoms with E-state index in [2.05, 4.69) is 25.2 Å². The van der Waals surface area contributed by atoms with E-state index in [1.165, 1.54) is 17.1 Å². The third-order valence-corrected chi connectivity index (χ3v) is 6.13. The molecule has 0 saturated carbocycles. The molecular formula is C19H21N7O2S. The van der Waals surface area contributed by atoms with Crippen molar-refractivity contribution in [3.63, 3.8) is 0 Å². The molecule has 3 aromatic heterocycles. The molecule has 9 nitrogen and oxygen atoms in total. The molecule has 0 unspecified atom stereocenters. The minimum Gasteiger partial charge on any atom is -0.313 e. The molecule has 0 radical (unpaired) electrons. The molecule has 0 saturated heterocycles. The molecule has 1 atom stereocenters. The number of pyridine rings is 1. The van der Waals surface area contributed by atoms with Crippen LogP contribution in [0.15, 0.2) is 60.0 Å². The molecule has 0 aliphatic rings. The number of rotatable bonds is 6. The van der Waals surface area contributed by atoms with E-state index in [4.69, 9.17) is 0 Å². The summed E-state index contributed by atoms with van der Waals surface area (Å²) < 4.78 is 31.6. The van der Waals surface area contributed by atoms with Crippen LogP contribution in [-0.4, -0.2) is 40.0 Å². The Morgan fingerprint density at radius 2 is 1.97 bits per heavy atom. The van der Waals surface area contributed by atoms with E-state index in [0.717, 1.165) is 10.9 Å². The smallest absolute Gasteiger partial charge is 0.265 e. The number of hydrogen-bond acceptors (Lipinski definition) is 6. The third-order valence-electron chi connectivity index (χ3n) is 4.81. The number of fused-ring (bicyclic) bond motifs is 1. The molecular weight excluding hydrogens is 390 g/mol. The Morgan fingerprint density at radius 3 is 2.76 bits per heavy atom. The molecule has 150 valence electrons. The molecule has 29 heavy (non-hydrogen) atoms. The van der Waals surface area contributed by atoms with Crippen LogP contribution in [0.3, 0.4) is 0 Å². The molecule has 4 aromatic rings. The number of nitrogens with one attached hydrogen (secondary N) is 2. The lowest BCUT2D eigenvalue weighted by atomic mass is 10.1. The van der Waals surface area contributed by atoms with Crippen LogP contribution in [0.5, 0.6) is 0 Å². The maximum Gasteiger partial charge on any atom is 0.265 e. The average Bonchev–Trinajstić information content (AvgIpc) is 3.36. The summed E-state index contributed by atoms with van der Waals surface area (Å²) in [7, 11) is -0.193. The molecule has 4 rings (SSSR count). The highest BCUT2D eigenvalue weighted by molar-refractivity contribution is 7.92. The fourth-order valence-electron chi connectivity index (χ4n) is 3.09. The molecule has 3 heterocycles. The lowest BCUT2D eigenvalue weighted by molar-refractivity contribution is 0.601. The van der Waals surface area contributed by atoms with E-state index in [9.17, 15) is 8.42 Å². The van der Waals surface area contributed by atoms with Gasteiger partial charge in [0, 0.05) is 24.7 Å². The standard InChI is InChI=1S/C19H21N7O2S/c1-13(20-2)14-7-8-21-18(9-14)26-12-16(11-23-26)29(27,28)24-17-6-4-5-15-10-22-25(3)19(15)17/h4-13,20,24H,1-3H3/t13-/m1/s1. The number of para-hydroxylation sites is 1. The molecule has 1 aromatic carbocycles. The van der Waals surface area contributed by atoms with E-state index >= 15 is 0 Å². The number of benzene rings is 1. The zero-order valence-corrected chi connectivity index (χ0v) is 17.1. The summed E-state index contributed by atoms with van der Waals surface area (Å²) >= 11 is 0. The van der Waals surface area contributed by atoms with Crippen molar-refractivity contribution < 1.29 is 8.42 Å². The van der Waals surface area contributed by atoms with Crippen LogP contribution < -0.4 is 10.0 Å². The number of nitrogens with zero attached hydrogens (tertiary/aromatic N) is 5. The second-order valence-electron chi connectivity index (χ2n) is 6.70. The molecule has 2 N–H and O–H groups in total. The quantitative estimate of drug-likeness (QED) is 0.504. The molecule has 0 aliphatic carbocycles. The van der Waals surface area contributed by atoms with Crippen LogP contribution in [0.2, 0.25) is 0 Å². The zero-order chi connectivity index (χ0) is 20.6. The normalized spacial score (nSPS) is 12.9. The number of aromatic nitrogens is 5. The SMILES string of the molecule is CN[C@H](C)c1ccnc(-n2cc(S(=O)(=O)Nc3cccc4cnn(C)c34)cn2)c1. The van der Waals surface area contributed by atoms with Gasteiger partial charge >= 0.3 is 0 Å². The summed E-state index contributed by atoms with van der Waals surface area (Å²) in [5.74, 6) is 0.541. The van der Waals surface area contributed by atoms with Crippen LogP contribution in [0.25, 0.3) is 16.7 Å². The van der Waals surface area contributed by atoms with Gasteiger partial charge < -0.3 is 5.32 Å². The summed E-state index contributed by atoms with van der Waals surface area (Å²) in [6.07, 6.45) is 6.12. The topological polar surface area (TPSA) is 107 Å². The molecule has 0 spiro atoms. The van der Waals surface area contributed by atoms with Gasteiger partial charge in [-0.15, -0.1) is 0 Å². The van der Waals surface area contributed by atoms with Gasteiger partial charge in [0.2, 0.25) is 0 Å². The fourth-order valence-corrected chi connectivity index (χ4v) is 4.08. The predicted molar refractivity (Wildman–Crippen MR) is 110 cm³/mol. The first kappa shape index (κ1) is 19.1. The Hall–Kier alpha value is -3.24. The van der Waals surface area contributed by atoms with Crippen molar-refractivity contribution in [2.45, 2.75) is 17.9 Å². The largest absolute Gasteiger partial charge is 0.313 e. The van der Waals surface area contributed by atoms with Crippen molar-refractivity contribution in [1.29, 1.82) is 0 Å². The van der Waals surface area contributed by atoms with Crippen molar-refractivity contribution in [2.75, 3.05) is 11.8 Å². The number of aryl methyl sites for hydroxylation is 1. The molecule has 0 bridgehead atoms. The fraction of sp³-hybridized carbons (Fsp3) is 0.211. The minimum atomic E-state index is -3.83. The van der Waals surface area contributed by atoms with Gasteiger partial charge in [-0.1, -0.05) is 12.1 Å². The van der Waals surface area contributed by atoms with Gasteiger partial charge in [0.1, 0.15) is 4.90 Å².